The molecule has 1 aromatic heterocycles. The van der Waals surface area contributed by atoms with E-state index in [2.05, 4.69) is 9.97 Å². The fraction of sp³-hybridized carbons (Fsp3) is 0.0833. The van der Waals surface area contributed by atoms with Gasteiger partial charge in [-0.1, -0.05) is 11.6 Å². The lowest BCUT2D eigenvalue weighted by Crippen LogP contribution is -1.91. The van der Waals surface area contributed by atoms with E-state index < -0.39 is 0 Å². The molecule has 6 heteroatoms. The summed E-state index contributed by atoms with van der Waals surface area (Å²) in [6.07, 6.45) is 2.83. The normalized spacial score (nSPS) is 9.61. The Balaban J connectivity index is 2.31. The molecule has 0 saturated carbocycles. The van der Waals surface area contributed by atoms with Crippen LogP contribution in [0.2, 0.25) is 5.15 Å². The van der Waals surface area contributed by atoms with Crippen molar-refractivity contribution >= 4 is 11.6 Å². The van der Waals surface area contributed by atoms with Crippen molar-refractivity contribution < 1.29 is 9.47 Å². The van der Waals surface area contributed by atoms with Crippen LogP contribution in [0.15, 0.2) is 30.6 Å². The topological polar surface area (TPSA) is 68.0 Å². The maximum absolute atomic E-state index is 8.88. The quantitative estimate of drug-likeness (QED) is 0.850. The van der Waals surface area contributed by atoms with Crippen molar-refractivity contribution in [3.8, 4) is 23.4 Å². The molecular formula is C12H8ClN3O2. The largest absolute Gasteiger partial charge is 0.497 e. The van der Waals surface area contributed by atoms with Crippen LogP contribution < -0.4 is 9.47 Å². The van der Waals surface area contributed by atoms with Crippen molar-refractivity contribution in [1.29, 1.82) is 5.26 Å². The lowest BCUT2D eigenvalue weighted by molar-refractivity contribution is 0.407. The molecule has 5 nitrogen and oxygen atoms in total. The summed E-state index contributed by atoms with van der Waals surface area (Å²) in [5, 5.41) is 9.11. The van der Waals surface area contributed by atoms with E-state index in [1.165, 1.54) is 19.5 Å². The van der Waals surface area contributed by atoms with Gasteiger partial charge >= 0.3 is 0 Å². The fourth-order valence-corrected chi connectivity index (χ4v) is 1.45. The molecule has 1 aromatic carbocycles. The predicted molar refractivity (Wildman–Crippen MR) is 64.8 cm³/mol. The molecule has 18 heavy (non-hydrogen) atoms. The third-order valence-electron chi connectivity index (χ3n) is 2.05. The fourth-order valence-electron chi connectivity index (χ4n) is 1.31. The molecular weight excluding hydrogens is 254 g/mol. The zero-order chi connectivity index (χ0) is 13.0. The summed E-state index contributed by atoms with van der Waals surface area (Å²) in [6.45, 7) is 0. The molecule has 0 atom stereocenters. The molecule has 0 N–H and O–H groups in total. The Kier molecular flexibility index (Phi) is 3.60. The van der Waals surface area contributed by atoms with E-state index in [0.29, 0.717) is 17.1 Å². The van der Waals surface area contributed by atoms with Crippen LogP contribution in [0.25, 0.3) is 0 Å². The first-order chi connectivity index (χ1) is 8.71. The summed E-state index contributed by atoms with van der Waals surface area (Å²) in [7, 11) is 1.51. The van der Waals surface area contributed by atoms with Gasteiger partial charge in [-0.3, -0.25) is 4.98 Å². The second kappa shape index (κ2) is 5.34. The van der Waals surface area contributed by atoms with Crippen LogP contribution in [-0.2, 0) is 0 Å². The van der Waals surface area contributed by atoms with E-state index in [-0.39, 0.29) is 11.0 Å². The number of ether oxygens (including phenoxy) is 2. The smallest absolute Gasteiger partial charge is 0.239 e. The van der Waals surface area contributed by atoms with Gasteiger partial charge in [0.15, 0.2) is 5.15 Å². The highest BCUT2D eigenvalue weighted by Gasteiger charge is 2.05. The summed E-state index contributed by atoms with van der Waals surface area (Å²) in [6, 6.07) is 6.84. The molecule has 0 unspecified atom stereocenters. The highest BCUT2D eigenvalue weighted by Crippen LogP contribution is 2.26. The van der Waals surface area contributed by atoms with Gasteiger partial charge in [0.2, 0.25) is 5.88 Å². The first-order valence-corrected chi connectivity index (χ1v) is 5.33. The number of rotatable bonds is 3. The maximum Gasteiger partial charge on any atom is 0.239 e. The molecule has 0 saturated heterocycles. The van der Waals surface area contributed by atoms with Crippen LogP contribution in [-0.4, -0.2) is 17.1 Å². The maximum atomic E-state index is 8.88. The molecule has 0 fully saturated rings. The van der Waals surface area contributed by atoms with Gasteiger partial charge < -0.3 is 9.47 Å². The minimum Gasteiger partial charge on any atom is -0.497 e. The summed E-state index contributed by atoms with van der Waals surface area (Å²) < 4.78 is 10.5. The molecule has 0 aliphatic rings. The Bertz CT molecular complexity index is 611. The lowest BCUT2D eigenvalue weighted by Gasteiger charge is -2.07. The Labute approximate surface area is 109 Å². The zero-order valence-electron chi connectivity index (χ0n) is 9.42. The average Bonchev–Trinajstić information content (AvgIpc) is 2.38. The highest BCUT2D eigenvalue weighted by molar-refractivity contribution is 6.29. The van der Waals surface area contributed by atoms with Crippen molar-refractivity contribution in [3.05, 3.63) is 41.3 Å². The summed E-state index contributed by atoms with van der Waals surface area (Å²) in [5.41, 5.74) is 0.430. The van der Waals surface area contributed by atoms with Gasteiger partial charge in [0.05, 0.1) is 31.1 Å². The Morgan fingerprint density at radius 3 is 2.67 bits per heavy atom. The van der Waals surface area contributed by atoms with E-state index in [1.807, 2.05) is 6.07 Å². The van der Waals surface area contributed by atoms with E-state index in [9.17, 15) is 0 Å². The number of hydrogen-bond donors (Lipinski definition) is 0. The number of nitrogens with zero attached hydrogens (tertiary/aromatic N) is 3. The minimum absolute atomic E-state index is 0.232. The molecule has 0 bridgehead atoms. The third kappa shape index (κ3) is 2.87. The highest BCUT2D eigenvalue weighted by atomic mass is 35.5. The first kappa shape index (κ1) is 12.1. The summed E-state index contributed by atoms with van der Waals surface area (Å²) in [4.78, 5) is 7.79. The molecule has 0 spiro atoms. The van der Waals surface area contributed by atoms with Crippen molar-refractivity contribution in [2.45, 2.75) is 0 Å². The molecule has 2 aromatic rings. The molecule has 0 aliphatic carbocycles. The summed E-state index contributed by atoms with van der Waals surface area (Å²) in [5.74, 6) is 1.21. The van der Waals surface area contributed by atoms with Crippen LogP contribution in [0.4, 0.5) is 0 Å². The van der Waals surface area contributed by atoms with Gasteiger partial charge in [-0.15, -0.1) is 0 Å². The van der Waals surface area contributed by atoms with Crippen molar-refractivity contribution in [3.63, 3.8) is 0 Å². The van der Waals surface area contributed by atoms with Crippen LogP contribution in [0.1, 0.15) is 5.56 Å². The number of benzene rings is 1. The van der Waals surface area contributed by atoms with Crippen LogP contribution >= 0.6 is 11.6 Å². The van der Waals surface area contributed by atoms with Gasteiger partial charge in [-0.25, -0.2) is 0 Å². The third-order valence-corrected chi connectivity index (χ3v) is 2.23. The van der Waals surface area contributed by atoms with Crippen LogP contribution in [0, 0.1) is 11.3 Å². The van der Waals surface area contributed by atoms with Gasteiger partial charge in [0, 0.05) is 6.07 Å². The Hall–Kier alpha value is -2.32. The van der Waals surface area contributed by atoms with Crippen molar-refractivity contribution in [2.75, 3.05) is 7.11 Å². The van der Waals surface area contributed by atoms with Gasteiger partial charge in [-0.2, -0.15) is 10.2 Å². The standard InChI is InChI=1S/C12H8ClN3O2/c1-17-9-2-8(5-14)3-10(4-9)18-12-7-15-6-11(13)16-12/h2-4,6-7H,1H3. The zero-order valence-corrected chi connectivity index (χ0v) is 10.2. The monoisotopic (exact) mass is 261 g/mol. The number of nitriles is 1. The average molecular weight is 262 g/mol. The van der Waals surface area contributed by atoms with Crippen molar-refractivity contribution in [2.24, 2.45) is 0 Å². The SMILES string of the molecule is COc1cc(C#N)cc(Oc2cncc(Cl)n2)c1. The second-order valence-electron chi connectivity index (χ2n) is 3.29. The van der Waals surface area contributed by atoms with Gasteiger partial charge in [0.1, 0.15) is 11.5 Å². The second-order valence-corrected chi connectivity index (χ2v) is 3.68. The van der Waals surface area contributed by atoms with Gasteiger partial charge in [-0.05, 0) is 12.1 Å². The molecule has 2 rings (SSSR count). The molecule has 0 amide bonds. The number of aromatic nitrogens is 2. The van der Waals surface area contributed by atoms with E-state index in [1.54, 1.807) is 18.2 Å². The Morgan fingerprint density at radius 1 is 1.22 bits per heavy atom. The minimum atomic E-state index is 0.232. The van der Waals surface area contributed by atoms with Crippen molar-refractivity contribution in [1.82, 2.24) is 9.97 Å². The van der Waals surface area contributed by atoms with E-state index in [4.69, 9.17) is 26.3 Å². The van der Waals surface area contributed by atoms with Crippen LogP contribution in [0.3, 0.4) is 0 Å². The summed E-state index contributed by atoms with van der Waals surface area (Å²) >= 11 is 5.70. The first-order valence-electron chi connectivity index (χ1n) is 4.96. The molecule has 0 aliphatic heterocycles. The van der Waals surface area contributed by atoms with Gasteiger partial charge in [0.25, 0.3) is 0 Å². The molecule has 1 heterocycles. The molecule has 0 radical (unpaired) electrons. The number of halogens is 1. The van der Waals surface area contributed by atoms with Crippen LogP contribution in [0.5, 0.6) is 17.4 Å². The lowest BCUT2D eigenvalue weighted by atomic mass is 10.2. The molecule has 90 valence electrons. The Morgan fingerprint density at radius 2 is 2.00 bits per heavy atom. The van der Waals surface area contributed by atoms with E-state index >= 15 is 0 Å². The van der Waals surface area contributed by atoms with E-state index in [0.717, 1.165) is 0 Å². The number of methoxy groups -OCH3 is 1. The predicted octanol–water partition coefficient (Wildman–Crippen LogP) is 2.80. The number of hydrogen-bond acceptors (Lipinski definition) is 5.